The number of hydrogen-bond acceptors (Lipinski definition) is 1. The minimum atomic E-state index is 0.320. The van der Waals surface area contributed by atoms with Crippen LogP contribution in [0.2, 0.25) is 0 Å². The topological polar surface area (TPSA) is 17.1 Å². The van der Waals surface area contributed by atoms with E-state index in [0.29, 0.717) is 11.7 Å². The van der Waals surface area contributed by atoms with Gasteiger partial charge in [-0.3, -0.25) is 0 Å². The van der Waals surface area contributed by atoms with E-state index in [2.05, 4.69) is 20.8 Å². The highest BCUT2D eigenvalue weighted by Crippen LogP contribution is 2.17. The molecule has 0 aromatic heterocycles. The van der Waals surface area contributed by atoms with Crippen molar-refractivity contribution in [3.8, 4) is 0 Å². The van der Waals surface area contributed by atoms with Gasteiger partial charge in [0, 0.05) is 6.42 Å². The van der Waals surface area contributed by atoms with Gasteiger partial charge in [0.1, 0.15) is 5.78 Å². The van der Waals surface area contributed by atoms with Crippen molar-refractivity contribution in [3.05, 3.63) is 0 Å². The van der Waals surface area contributed by atoms with Gasteiger partial charge in [0.05, 0.1) is 0 Å². The highest BCUT2D eigenvalue weighted by molar-refractivity contribution is 5.75. The van der Waals surface area contributed by atoms with Crippen molar-refractivity contribution in [1.82, 2.24) is 0 Å². The van der Waals surface area contributed by atoms with Gasteiger partial charge in [-0.15, -0.1) is 0 Å². The van der Waals surface area contributed by atoms with Crippen LogP contribution in [0.4, 0.5) is 0 Å². The average molecular weight is 156 g/mol. The third kappa shape index (κ3) is 6.08. The van der Waals surface area contributed by atoms with Crippen molar-refractivity contribution >= 4 is 5.78 Å². The molecule has 0 radical (unpaired) electrons. The van der Waals surface area contributed by atoms with Gasteiger partial charge in [0.2, 0.25) is 0 Å². The van der Waals surface area contributed by atoms with Gasteiger partial charge >= 0.3 is 0 Å². The second-order valence-electron chi connectivity index (χ2n) is 3.76. The summed E-state index contributed by atoms with van der Waals surface area (Å²) >= 11 is 0. The van der Waals surface area contributed by atoms with Crippen LogP contribution in [0.15, 0.2) is 0 Å². The molecule has 0 saturated heterocycles. The summed E-state index contributed by atoms with van der Waals surface area (Å²) in [6.07, 6.45) is 3.17. The molecule has 1 nitrogen and oxygen atoms in total. The zero-order valence-electron chi connectivity index (χ0n) is 8.18. The number of carbonyl (C=O) groups excluding carboxylic acids is 1. The molecule has 0 aromatic rings. The SMILES string of the molecule is CCC(C)CC(C)CC(C)=O. The Bertz CT molecular complexity index is 118. The normalized spacial score (nSPS) is 16.0. The molecule has 0 saturated carbocycles. The summed E-state index contributed by atoms with van der Waals surface area (Å²) in [6, 6.07) is 0. The molecule has 11 heavy (non-hydrogen) atoms. The van der Waals surface area contributed by atoms with E-state index in [1.54, 1.807) is 6.92 Å². The summed E-state index contributed by atoms with van der Waals surface area (Å²) in [5.74, 6) is 1.66. The third-order valence-corrected chi connectivity index (χ3v) is 2.14. The molecule has 0 fully saturated rings. The van der Waals surface area contributed by atoms with Crippen LogP contribution >= 0.6 is 0 Å². The van der Waals surface area contributed by atoms with Crippen LogP contribution in [0.3, 0.4) is 0 Å². The molecule has 66 valence electrons. The zero-order chi connectivity index (χ0) is 8.85. The van der Waals surface area contributed by atoms with E-state index in [4.69, 9.17) is 0 Å². The Morgan fingerprint density at radius 1 is 1.27 bits per heavy atom. The maximum atomic E-state index is 10.7. The van der Waals surface area contributed by atoms with Crippen LogP contribution in [0.5, 0.6) is 0 Å². The Morgan fingerprint density at radius 3 is 2.18 bits per heavy atom. The highest BCUT2D eigenvalue weighted by Gasteiger charge is 2.08. The van der Waals surface area contributed by atoms with Gasteiger partial charge in [-0.25, -0.2) is 0 Å². The van der Waals surface area contributed by atoms with E-state index >= 15 is 0 Å². The number of Topliss-reactive ketones (excluding diaryl/α,β-unsaturated/α-hetero) is 1. The molecule has 1 heteroatoms. The molecule has 0 N–H and O–H groups in total. The Balaban J connectivity index is 3.51. The molecule has 0 aliphatic heterocycles. The summed E-state index contributed by atoms with van der Waals surface area (Å²) in [5.41, 5.74) is 0. The average Bonchev–Trinajstić information content (AvgIpc) is 1.85. The summed E-state index contributed by atoms with van der Waals surface area (Å²) in [4.78, 5) is 10.7. The van der Waals surface area contributed by atoms with Crippen LogP contribution in [-0.2, 0) is 4.79 Å². The predicted molar refractivity (Wildman–Crippen MR) is 48.5 cm³/mol. The number of carbonyl (C=O) groups is 1. The molecule has 0 aliphatic rings. The first-order valence-electron chi connectivity index (χ1n) is 4.55. The summed E-state index contributed by atoms with van der Waals surface area (Å²) in [5, 5.41) is 0. The van der Waals surface area contributed by atoms with Gasteiger partial charge in [-0.2, -0.15) is 0 Å². The fraction of sp³-hybridized carbons (Fsp3) is 0.900. The van der Waals surface area contributed by atoms with Crippen molar-refractivity contribution < 1.29 is 4.79 Å². The molecule has 2 atom stereocenters. The summed E-state index contributed by atoms with van der Waals surface area (Å²) < 4.78 is 0. The Labute approximate surface area is 70.2 Å². The maximum Gasteiger partial charge on any atom is 0.130 e. The number of rotatable bonds is 5. The minimum absolute atomic E-state index is 0.320. The summed E-state index contributed by atoms with van der Waals surface area (Å²) in [6.45, 7) is 8.28. The fourth-order valence-electron chi connectivity index (χ4n) is 1.43. The summed E-state index contributed by atoms with van der Waals surface area (Å²) in [7, 11) is 0. The van der Waals surface area contributed by atoms with Gasteiger partial charge in [0.25, 0.3) is 0 Å². The number of hydrogen-bond donors (Lipinski definition) is 0. The Kier molecular flexibility index (Phi) is 5.18. The molecule has 0 bridgehead atoms. The zero-order valence-corrected chi connectivity index (χ0v) is 8.18. The first kappa shape index (κ1) is 10.7. The lowest BCUT2D eigenvalue weighted by molar-refractivity contribution is -0.117. The number of ketones is 1. The van der Waals surface area contributed by atoms with Crippen LogP contribution in [0.1, 0.15) is 47.0 Å². The van der Waals surface area contributed by atoms with Crippen LogP contribution in [0.25, 0.3) is 0 Å². The Morgan fingerprint density at radius 2 is 1.82 bits per heavy atom. The van der Waals surface area contributed by atoms with Gasteiger partial charge in [-0.1, -0.05) is 27.2 Å². The quantitative estimate of drug-likeness (QED) is 0.598. The van der Waals surface area contributed by atoms with E-state index in [0.717, 1.165) is 12.3 Å². The lowest BCUT2D eigenvalue weighted by Gasteiger charge is -2.13. The second-order valence-corrected chi connectivity index (χ2v) is 3.76. The van der Waals surface area contributed by atoms with E-state index in [-0.39, 0.29) is 0 Å². The van der Waals surface area contributed by atoms with Gasteiger partial charge in [-0.05, 0) is 25.2 Å². The molecule has 0 spiro atoms. The predicted octanol–water partition coefficient (Wildman–Crippen LogP) is 3.04. The van der Waals surface area contributed by atoms with Crippen molar-refractivity contribution in [3.63, 3.8) is 0 Å². The first-order chi connectivity index (χ1) is 5.06. The molecule has 0 aliphatic carbocycles. The molecule has 0 aromatic carbocycles. The molecular weight excluding hydrogens is 136 g/mol. The molecule has 0 heterocycles. The highest BCUT2D eigenvalue weighted by atomic mass is 16.1. The standard InChI is InChI=1S/C10H20O/c1-5-8(2)6-9(3)7-10(4)11/h8-9H,5-7H2,1-4H3. The first-order valence-corrected chi connectivity index (χ1v) is 4.55. The van der Waals surface area contributed by atoms with Crippen molar-refractivity contribution in [1.29, 1.82) is 0 Å². The smallest absolute Gasteiger partial charge is 0.130 e. The van der Waals surface area contributed by atoms with Gasteiger partial charge < -0.3 is 4.79 Å². The molecular formula is C10H20O. The maximum absolute atomic E-state index is 10.7. The third-order valence-electron chi connectivity index (χ3n) is 2.14. The molecule has 0 amide bonds. The van der Waals surface area contributed by atoms with Crippen molar-refractivity contribution in [2.24, 2.45) is 11.8 Å². The minimum Gasteiger partial charge on any atom is -0.300 e. The van der Waals surface area contributed by atoms with E-state index in [1.807, 2.05) is 0 Å². The van der Waals surface area contributed by atoms with Crippen LogP contribution < -0.4 is 0 Å². The molecule has 0 rings (SSSR count). The largest absolute Gasteiger partial charge is 0.300 e. The van der Waals surface area contributed by atoms with Crippen molar-refractivity contribution in [2.75, 3.05) is 0 Å². The lowest BCUT2D eigenvalue weighted by Crippen LogP contribution is -2.06. The second kappa shape index (κ2) is 5.34. The van der Waals surface area contributed by atoms with E-state index < -0.39 is 0 Å². The van der Waals surface area contributed by atoms with Gasteiger partial charge in [0.15, 0.2) is 0 Å². The van der Waals surface area contributed by atoms with Crippen LogP contribution in [-0.4, -0.2) is 5.78 Å². The lowest BCUT2D eigenvalue weighted by atomic mass is 9.92. The van der Waals surface area contributed by atoms with E-state index in [1.165, 1.54) is 12.8 Å². The monoisotopic (exact) mass is 156 g/mol. The molecule has 2 unspecified atom stereocenters. The van der Waals surface area contributed by atoms with Crippen LogP contribution in [0, 0.1) is 11.8 Å². The van der Waals surface area contributed by atoms with E-state index in [9.17, 15) is 4.79 Å². The Hall–Kier alpha value is -0.330. The van der Waals surface area contributed by atoms with Crippen molar-refractivity contribution in [2.45, 2.75) is 47.0 Å². The fourth-order valence-corrected chi connectivity index (χ4v) is 1.43.